The molecule has 2 N–H and O–H groups in total. The minimum Gasteiger partial charge on any atom is -0.406 e. The minimum absolute atomic E-state index is 0.0288. The zero-order valence-electron chi connectivity index (χ0n) is 16.3. The maximum absolute atomic E-state index is 12.6. The van der Waals surface area contributed by atoms with Gasteiger partial charge >= 0.3 is 6.36 Å². The molecule has 0 aliphatic carbocycles. The van der Waals surface area contributed by atoms with Crippen molar-refractivity contribution in [3.05, 3.63) is 47.7 Å². The molecular formula is C21H19F3N4O3. The number of carbonyl (C=O) groups excluding carboxylic acids is 2. The first kappa shape index (κ1) is 22.0. The third-order valence-electron chi connectivity index (χ3n) is 4.48. The molecule has 1 saturated heterocycles. The third kappa shape index (κ3) is 5.88. The van der Waals surface area contributed by atoms with Crippen molar-refractivity contribution in [1.82, 2.24) is 10.3 Å². The second-order valence-electron chi connectivity index (χ2n) is 6.70. The van der Waals surface area contributed by atoms with Crippen LogP contribution >= 0.6 is 0 Å². The molecule has 1 aliphatic heterocycles. The standard InChI is InChI=1S/C21H19F3N4O3/c1-2-9-25-20(30)17-12-14(13-26-18(17)28-10-3-4-11-28)19(29)27-15-5-7-16(8-6-15)31-21(22,23)24/h1,5-8,12-13H,3-4,9-11H2,(H,25,30)(H,27,29). The molecule has 7 nitrogen and oxygen atoms in total. The Morgan fingerprint density at radius 1 is 1.16 bits per heavy atom. The lowest BCUT2D eigenvalue weighted by Gasteiger charge is -2.20. The van der Waals surface area contributed by atoms with Gasteiger partial charge in [0.15, 0.2) is 0 Å². The highest BCUT2D eigenvalue weighted by molar-refractivity contribution is 6.07. The summed E-state index contributed by atoms with van der Waals surface area (Å²) in [7, 11) is 0. The number of ether oxygens (including phenoxy) is 1. The fraction of sp³-hybridized carbons (Fsp3) is 0.286. The van der Waals surface area contributed by atoms with Gasteiger partial charge in [0.05, 0.1) is 17.7 Å². The van der Waals surface area contributed by atoms with Gasteiger partial charge in [-0.05, 0) is 43.2 Å². The number of hydrogen-bond acceptors (Lipinski definition) is 5. The summed E-state index contributed by atoms with van der Waals surface area (Å²) >= 11 is 0. The number of pyridine rings is 1. The summed E-state index contributed by atoms with van der Waals surface area (Å²) in [5, 5.41) is 5.13. The number of aromatic nitrogens is 1. The van der Waals surface area contributed by atoms with Crippen LogP contribution in [-0.2, 0) is 0 Å². The zero-order chi connectivity index (χ0) is 22.4. The Hall–Kier alpha value is -3.74. The van der Waals surface area contributed by atoms with Gasteiger partial charge in [0, 0.05) is 25.0 Å². The lowest BCUT2D eigenvalue weighted by molar-refractivity contribution is -0.274. The van der Waals surface area contributed by atoms with Gasteiger partial charge in [-0.1, -0.05) is 5.92 Å². The van der Waals surface area contributed by atoms with Gasteiger partial charge in [0.2, 0.25) is 0 Å². The predicted molar refractivity (Wildman–Crippen MR) is 108 cm³/mol. The fourth-order valence-corrected chi connectivity index (χ4v) is 3.10. The first-order valence-corrected chi connectivity index (χ1v) is 9.40. The third-order valence-corrected chi connectivity index (χ3v) is 4.48. The quantitative estimate of drug-likeness (QED) is 0.685. The van der Waals surface area contributed by atoms with Crippen LogP contribution in [0.15, 0.2) is 36.5 Å². The molecule has 162 valence electrons. The Labute approximate surface area is 176 Å². The molecule has 0 radical (unpaired) electrons. The second kappa shape index (κ2) is 9.38. The van der Waals surface area contributed by atoms with E-state index in [-0.39, 0.29) is 23.4 Å². The largest absolute Gasteiger partial charge is 0.573 e. The number of hydrogen-bond donors (Lipinski definition) is 2. The van der Waals surface area contributed by atoms with Crippen molar-refractivity contribution in [2.45, 2.75) is 19.2 Å². The van der Waals surface area contributed by atoms with E-state index in [1.807, 2.05) is 4.90 Å². The van der Waals surface area contributed by atoms with Crippen molar-refractivity contribution >= 4 is 23.3 Å². The monoisotopic (exact) mass is 432 g/mol. The number of nitrogens with zero attached hydrogens (tertiary/aromatic N) is 2. The molecule has 2 amide bonds. The number of alkyl halides is 3. The SMILES string of the molecule is C#CCNC(=O)c1cc(C(=O)Nc2ccc(OC(F)(F)F)cc2)cnc1N1CCCC1. The predicted octanol–water partition coefficient (Wildman–Crippen LogP) is 3.20. The number of nitrogens with one attached hydrogen (secondary N) is 2. The normalized spacial score (nSPS) is 13.4. The number of benzene rings is 1. The minimum atomic E-state index is -4.80. The van der Waals surface area contributed by atoms with Gasteiger partial charge in [-0.15, -0.1) is 19.6 Å². The van der Waals surface area contributed by atoms with Gasteiger partial charge in [-0.3, -0.25) is 9.59 Å². The molecule has 1 aromatic carbocycles. The first-order valence-electron chi connectivity index (χ1n) is 9.40. The Kier molecular flexibility index (Phi) is 6.65. The topological polar surface area (TPSA) is 83.6 Å². The Morgan fingerprint density at radius 3 is 2.45 bits per heavy atom. The van der Waals surface area contributed by atoms with E-state index >= 15 is 0 Å². The number of halogens is 3. The summed E-state index contributed by atoms with van der Waals surface area (Å²) in [5.41, 5.74) is 0.588. The zero-order valence-corrected chi connectivity index (χ0v) is 16.3. The summed E-state index contributed by atoms with van der Waals surface area (Å²) in [6.07, 6.45) is 3.70. The molecule has 0 atom stereocenters. The summed E-state index contributed by atoms with van der Waals surface area (Å²) in [6.45, 7) is 1.53. The van der Waals surface area contributed by atoms with Crippen molar-refractivity contribution < 1.29 is 27.5 Å². The molecule has 2 heterocycles. The average molecular weight is 432 g/mol. The second-order valence-corrected chi connectivity index (χ2v) is 6.70. The molecule has 31 heavy (non-hydrogen) atoms. The van der Waals surface area contributed by atoms with Crippen LogP contribution in [0.4, 0.5) is 24.7 Å². The summed E-state index contributed by atoms with van der Waals surface area (Å²) < 4.78 is 40.6. The van der Waals surface area contributed by atoms with Gasteiger partial charge in [0.25, 0.3) is 11.8 Å². The smallest absolute Gasteiger partial charge is 0.406 e. The molecule has 3 rings (SSSR count). The van der Waals surface area contributed by atoms with E-state index in [0.717, 1.165) is 38.1 Å². The fourth-order valence-electron chi connectivity index (χ4n) is 3.10. The Morgan fingerprint density at radius 2 is 1.84 bits per heavy atom. The van der Waals surface area contributed by atoms with Gasteiger partial charge < -0.3 is 20.3 Å². The van der Waals surface area contributed by atoms with Crippen LogP contribution < -0.4 is 20.3 Å². The molecule has 1 aromatic heterocycles. The molecule has 1 fully saturated rings. The molecule has 2 aromatic rings. The Balaban J connectivity index is 1.79. The van der Waals surface area contributed by atoms with E-state index < -0.39 is 23.9 Å². The van der Waals surface area contributed by atoms with Crippen LogP contribution in [0, 0.1) is 12.3 Å². The van der Waals surface area contributed by atoms with Crippen LogP contribution in [0.25, 0.3) is 0 Å². The van der Waals surface area contributed by atoms with Crippen molar-refractivity contribution in [2.24, 2.45) is 0 Å². The summed E-state index contributed by atoms with van der Waals surface area (Å²) in [5.74, 6) is 1.36. The van der Waals surface area contributed by atoms with E-state index in [2.05, 4.69) is 26.3 Å². The summed E-state index contributed by atoms with van der Waals surface area (Å²) in [6, 6.07) is 6.12. The van der Waals surface area contributed by atoms with E-state index in [1.165, 1.54) is 24.4 Å². The highest BCUT2D eigenvalue weighted by Gasteiger charge is 2.31. The number of rotatable bonds is 6. The van der Waals surface area contributed by atoms with Crippen LogP contribution in [0.3, 0.4) is 0 Å². The van der Waals surface area contributed by atoms with Crippen LogP contribution in [0.2, 0.25) is 0 Å². The number of terminal acetylenes is 1. The van der Waals surface area contributed by atoms with Crippen LogP contribution in [0.5, 0.6) is 5.75 Å². The highest BCUT2D eigenvalue weighted by atomic mass is 19.4. The van der Waals surface area contributed by atoms with E-state index in [0.29, 0.717) is 5.82 Å². The maximum atomic E-state index is 12.6. The van der Waals surface area contributed by atoms with Crippen LogP contribution in [0.1, 0.15) is 33.6 Å². The van der Waals surface area contributed by atoms with Gasteiger partial charge in [-0.25, -0.2) is 4.98 Å². The van der Waals surface area contributed by atoms with Crippen molar-refractivity contribution in [3.8, 4) is 18.1 Å². The van der Waals surface area contributed by atoms with Crippen molar-refractivity contribution in [1.29, 1.82) is 0 Å². The molecule has 0 bridgehead atoms. The molecule has 10 heteroatoms. The van der Waals surface area contributed by atoms with Crippen molar-refractivity contribution in [3.63, 3.8) is 0 Å². The lowest BCUT2D eigenvalue weighted by atomic mass is 10.1. The van der Waals surface area contributed by atoms with Gasteiger partial charge in [0.1, 0.15) is 11.6 Å². The van der Waals surface area contributed by atoms with E-state index in [4.69, 9.17) is 6.42 Å². The average Bonchev–Trinajstić information content (AvgIpc) is 3.26. The number of amides is 2. The molecule has 0 unspecified atom stereocenters. The maximum Gasteiger partial charge on any atom is 0.573 e. The number of carbonyl (C=O) groups is 2. The van der Waals surface area contributed by atoms with E-state index in [1.54, 1.807) is 0 Å². The van der Waals surface area contributed by atoms with E-state index in [9.17, 15) is 22.8 Å². The van der Waals surface area contributed by atoms with Crippen molar-refractivity contribution in [2.75, 3.05) is 29.9 Å². The molecule has 0 saturated carbocycles. The summed E-state index contributed by atoms with van der Waals surface area (Å²) in [4.78, 5) is 31.4. The molecule has 0 spiro atoms. The number of anilines is 2. The molecule has 1 aliphatic rings. The highest BCUT2D eigenvalue weighted by Crippen LogP contribution is 2.25. The lowest BCUT2D eigenvalue weighted by Crippen LogP contribution is -2.29. The first-order chi connectivity index (χ1) is 14.8. The molecular weight excluding hydrogens is 413 g/mol. The Bertz CT molecular complexity index is 994. The van der Waals surface area contributed by atoms with Crippen LogP contribution in [-0.4, -0.2) is 42.8 Å². The van der Waals surface area contributed by atoms with Gasteiger partial charge in [-0.2, -0.15) is 0 Å².